The molecule has 1 saturated carbocycles. The molecule has 1 aromatic heterocycles. The van der Waals surface area contributed by atoms with Crippen molar-refractivity contribution in [1.82, 2.24) is 4.57 Å². The number of hydrogen-bond donors (Lipinski definition) is 1. The van der Waals surface area contributed by atoms with Gasteiger partial charge in [0.05, 0.1) is 23.9 Å². The molecule has 25 heavy (non-hydrogen) atoms. The number of para-hydroxylation sites is 1. The Morgan fingerprint density at radius 1 is 0.880 bits per heavy atom. The number of nitrogens with two attached hydrogens (primary N) is 1. The van der Waals surface area contributed by atoms with Crippen molar-refractivity contribution in [2.75, 3.05) is 14.2 Å². The van der Waals surface area contributed by atoms with E-state index in [9.17, 15) is 0 Å². The highest BCUT2D eigenvalue weighted by Gasteiger charge is 2.52. The summed E-state index contributed by atoms with van der Waals surface area (Å²) >= 11 is 0. The highest BCUT2D eigenvalue weighted by Crippen LogP contribution is 2.47. The number of aromatic nitrogens is 1. The summed E-state index contributed by atoms with van der Waals surface area (Å²) in [5, 5.41) is 1.24. The number of fused-ring (bicyclic) bond motifs is 1. The maximum Gasteiger partial charge on any atom is 0.0842 e. The standard InChI is InChI=1S/C21H24N2O2/c1-23-15-12-8-7-11-14(15)16(19(23)13-9-5-4-6-10-13)17-20(24-2)18(22)21(17)25-3/h4-12,17-18,20-21H,22H2,1-3H3. The van der Waals surface area contributed by atoms with Crippen LogP contribution in [0.1, 0.15) is 11.5 Å². The summed E-state index contributed by atoms with van der Waals surface area (Å²) in [5.74, 6) is 0.117. The van der Waals surface area contributed by atoms with Crippen LogP contribution in [0.5, 0.6) is 0 Å². The van der Waals surface area contributed by atoms with Crippen LogP contribution in [0.15, 0.2) is 54.6 Å². The van der Waals surface area contributed by atoms with Gasteiger partial charge in [-0.15, -0.1) is 0 Å². The molecule has 0 spiro atoms. The molecule has 1 aliphatic carbocycles. The monoisotopic (exact) mass is 336 g/mol. The molecule has 1 fully saturated rings. The van der Waals surface area contributed by atoms with E-state index in [-0.39, 0.29) is 24.2 Å². The van der Waals surface area contributed by atoms with Crippen molar-refractivity contribution in [3.8, 4) is 11.3 Å². The third kappa shape index (κ3) is 2.33. The van der Waals surface area contributed by atoms with E-state index in [1.54, 1.807) is 14.2 Å². The lowest BCUT2D eigenvalue weighted by atomic mass is 9.69. The number of nitrogens with zero attached hydrogens (tertiary/aromatic N) is 1. The quantitative estimate of drug-likeness (QED) is 0.795. The Bertz CT molecular complexity index is 876. The number of methoxy groups -OCH3 is 2. The summed E-state index contributed by atoms with van der Waals surface area (Å²) in [6.45, 7) is 0. The molecular formula is C21H24N2O2. The van der Waals surface area contributed by atoms with Gasteiger partial charge in [-0.1, -0.05) is 48.5 Å². The van der Waals surface area contributed by atoms with Crippen molar-refractivity contribution in [1.29, 1.82) is 0 Å². The van der Waals surface area contributed by atoms with Gasteiger partial charge in [-0.3, -0.25) is 0 Å². The van der Waals surface area contributed by atoms with Gasteiger partial charge in [0.25, 0.3) is 0 Å². The van der Waals surface area contributed by atoms with Gasteiger partial charge < -0.3 is 19.8 Å². The summed E-state index contributed by atoms with van der Waals surface area (Å²) in [6.07, 6.45) is -0.0866. The van der Waals surface area contributed by atoms with Gasteiger partial charge in [0.15, 0.2) is 0 Å². The lowest BCUT2D eigenvalue weighted by Crippen LogP contribution is -2.64. The van der Waals surface area contributed by atoms with Gasteiger partial charge in [-0.05, 0) is 17.2 Å². The van der Waals surface area contributed by atoms with Crippen molar-refractivity contribution in [3.05, 3.63) is 60.2 Å². The SMILES string of the molecule is COC1C(N)C(OC)C1c1c(-c2ccccc2)n(C)c2ccccc12. The molecule has 0 radical (unpaired) electrons. The Morgan fingerprint density at radius 3 is 2.12 bits per heavy atom. The molecule has 2 unspecified atom stereocenters. The molecule has 1 aliphatic rings. The summed E-state index contributed by atoms with van der Waals surface area (Å²) in [6, 6.07) is 18.9. The zero-order valence-corrected chi connectivity index (χ0v) is 14.8. The minimum absolute atomic E-state index is 0.0433. The molecule has 0 saturated heterocycles. The maximum absolute atomic E-state index is 6.30. The molecule has 3 aromatic rings. The second kappa shape index (κ2) is 6.30. The zero-order chi connectivity index (χ0) is 17.6. The van der Waals surface area contributed by atoms with Crippen molar-refractivity contribution >= 4 is 10.9 Å². The molecule has 4 heteroatoms. The van der Waals surface area contributed by atoms with Crippen LogP contribution in [-0.4, -0.2) is 37.0 Å². The van der Waals surface area contributed by atoms with Crippen LogP contribution in [-0.2, 0) is 16.5 Å². The third-order valence-corrected chi connectivity index (χ3v) is 5.54. The van der Waals surface area contributed by atoms with E-state index in [4.69, 9.17) is 15.2 Å². The molecular weight excluding hydrogens is 312 g/mol. The largest absolute Gasteiger partial charge is 0.379 e. The molecule has 0 amide bonds. The van der Waals surface area contributed by atoms with Gasteiger partial charge in [0.2, 0.25) is 0 Å². The van der Waals surface area contributed by atoms with Crippen molar-refractivity contribution in [3.63, 3.8) is 0 Å². The molecule has 0 aliphatic heterocycles. The van der Waals surface area contributed by atoms with Crippen LogP contribution in [0.3, 0.4) is 0 Å². The first-order chi connectivity index (χ1) is 12.2. The summed E-state index contributed by atoms with van der Waals surface area (Å²) < 4.78 is 13.7. The number of ether oxygens (including phenoxy) is 2. The number of benzene rings is 2. The fourth-order valence-corrected chi connectivity index (χ4v) is 4.35. The van der Waals surface area contributed by atoms with Crippen LogP contribution in [0.25, 0.3) is 22.2 Å². The molecule has 4 nitrogen and oxygen atoms in total. The predicted octanol–water partition coefficient (Wildman–Crippen LogP) is 3.30. The first-order valence-corrected chi connectivity index (χ1v) is 8.63. The van der Waals surface area contributed by atoms with E-state index < -0.39 is 0 Å². The Labute approximate surface area is 148 Å². The van der Waals surface area contributed by atoms with Crippen LogP contribution in [0.4, 0.5) is 0 Å². The van der Waals surface area contributed by atoms with Gasteiger partial charge in [0.1, 0.15) is 0 Å². The first kappa shape index (κ1) is 16.3. The van der Waals surface area contributed by atoms with Crippen molar-refractivity contribution in [2.24, 2.45) is 12.8 Å². The van der Waals surface area contributed by atoms with E-state index in [0.717, 1.165) is 0 Å². The number of rotatable bonds is 4. The van der Waals surface area contributed by atoms with Gasteiger partial charge >= 0.3 is 0 Å². The van der Waals surface area contributed by atoms with Crippen LogP contribution >= 0.6 is 0 Å². The molecule has 2 atom stereocenters. The molecule has 0 bridgehead atoms. The smallest absolute Gasteiger partial charge is 0.0842 e. The second-order valence-corrected chi connectivity index (χ2v) is 6.71. The molecule has 2 aromatic carbocycles. The Kier molecular flexibility index (Phi) is 4.12. The fourth-order valence-electron chi connectivity index (χ4n) is 4.35. The van der Waals surface area contributed by atoms with Crippen molar-refractivity contribution < 1.29 is 9.47 Å². The average Bonchev–Trinajstić information content (AvgIpc) is 2.93. The summed E-state index contributed by atoms with van der Waals surface area (Å²) in [5.41, 5.74) is 11.2. The minimum Gasteiger partial charge on any atom is -0.379 e. The molecule has 130 valence electrons. The Hall–Kier alpha value is -2.14. The summed E-state index contributed by atoms with van der Waals surface area (Å²) in [4.78, 5) is 0. The van der Waals surface area contributed by atoms with E-state index in [0.29, 0.717) is 0 Å². The minimum atomic E-state index is -0.109. The van der Waals surface area contributed by atoms with E-state index in [2.05, 4.69) is 60.1 Å². The van der Waals surface area contributed by atoms with Crippen LogP contribution in [0.2, 0.25) is 0 Å². The molecule has 2 N–H and O–H groups in total. The van der Waals surface area contributed by atoms with E-state index in [1.165, 1.54) is 27.7 Å². The number of aryl methyl sites for hydroxylation is 1. The Balaban J connectivity index is 1.99. The van der Waals surface area contributed by atoms with Crippen LogP contribution < -0.4 is 5.73 Å². The lowest BCUT2D eigenvalue weighted by Gasteiger charge is -2.48. The highest BCUT2D eigenvalue weighted by atomic mass is 16.5. The Morgan fingerprint density at radius 2 is 1.48 bits per heavy atom. The van der Waals surface area contributed by atoms with Gasteiger partial charge in [-0.25, -0.2) is 0 Å². The predicted molar refractivity (Wildman–Crippen MR) is 101 cm³/mol. The average molecular weight is 336 g/mol. The van der Waals surface area contributed by atoms with Crippen LogP contribution in [0, 0.1) is 0 Å². The third-order valence-electron chi connectivity index (χ3n) is 5.54. The van der Waals surface area contributed by atoms with Gasteiger partial charge in [0, 0.05) is 38.1 Å². The maximum atomic E-state index is 6.30. The van der Waals surface area contributed by atoms with E-state index >= 15 is 0 Å². The fraction of sp³-hybridized carbons (Fsp3) is 0.333. The molecule has 4 rings (SSSR count). The second-order valence-electron chi connectivity index (χ2n) is 6.71. The number of hydrogen-bond acceptors (Lipinski definition) is 3. The van der Waals surface area contributed by atoms with Gasteiger partial charge in [-0.2, -0.15) is 0 Å². The topological polar surface area (TPSA) is 49.4 Å². The first-order valence-electron chi connectivity index (χ1n) is 8.63. The lowest BCUT2D eigenvalue weighted by molar-refractivity contribution is -0.111. The zero-order valence-electron chi connectivity index (χ0n) is 14.8. The summed E-state index contributed by atoms with van der Waals surface area (Å²) in [7, 11) is 5.59. The van der Waals surface area contributed by atoms with Crippen molar-refractivity contribution in [2.45, 2.75) is 24.2 Å². The highest BCUT2D eigenvalue weighted by molar-refractivity contribution is 5.93. The molecule has 1 heterocycles. The van der Waals surface area contributed by atoms with E-state index in [1.807, 2.05) is 6.07 Å². The normalized spacial score (nSPS) is 25.9.